The molecule has 1 N–H and O–H groups in total. The van der Waals surface area contributed by atoms with Crippen LogP contribution in [0, 0.1) is 0 Å². The third-order valence-electron chi connectivity index (χ3n) is 2.87. The Morgan fingerprint density at radius 1 is 1.31 bits per heavy atom. The first-order chi connectivity index (χ1) is 7.70. The second-order valence-electron chi connectivity index (χ2n) is 4.03. The Hall–Kier alpha value is -1.77. The van der Waals surface area contributed by atoms with Crippen LogP contribution in [0.25, 0.3) is 0 Å². The molecular weight excluding hydrogens is 200 g/mol. The zero-order valence-corrected chi connectivity index (χ0v) is 9.66. The summed E-state index contributed by atoms with van der Waals surface area (Å²) in [4.78, 5) is 13.7. The molecule has 3 nitrogen and oxygen atoms in total. The number of carbonyl (C=O) groups is 1. The number of hydrogen-bond acceptors (Lipinski definition) is 1. The Morgan fingerprint density at radius 3 is 2.38 bits per heavy atom. The van der Waals surface area contributed by atoms with Crippen LogP contribution in [-0.2, 0) is 13.1 Å². The van der Waals surface area contributed by atoms with Gasteiger partial charge in [0.2, 0.25) is 0 Å². The molecule has 84 valence electrons. The quantitative estimate of drug-likeness (QED) is 0.769. The summed E-state index contributed by atoms with van der Waals surface area (Å²) in [6.45, 7) is 5.22. The molecule has 0 aromatic heterocycles. The number of benzene rings is 1. The van der Waals surface area contributed by atoms with E-state index in [1.54, 1.807) is 0 Å². The van der Waals surface area contributed by atoms with Crippen molar-refractivity contribution in [1.82, 2.24) is 10.2 Å². The van der Waals surface area contributed by atoms with Crippen LogP contribution < -0.4 is 5.32 Å². The normalized spacial score (nSPS) is 14.9. The number of fused-ring (bicyclic) bond motifs is 1. The van der Waals surface area contributed by atoms with Crippen molar-refractivity contribution in [3.05, 3.63) is 47.2 Å². The van der Waals surface area contributed by atoms with Crippen LogP contribution in [0.1, 0.15) is 25.0 Å². The number of nitrogens with one attached hydrogen (secondary N) is 1. The van der Waals surface area contributed by atoms with E-state index in [2.05, 4.69) is 17.4 Å². The Bertz CT molecular complexity index is 412. The fourth-order valence-corrected chi connectivity index (χ4v) is 1.80. The van der Waals surface area contributed by atoms with Gasteiger partial charge in [0.25, 0.3) is 0 Å². The molecule has 3 heteroatoms. The standard InChI is InChI=1S/C13H16N2O/c1-3-10(2)14-13(16)15-8-11-6-4-5-7-12(11)9-15/h3-7H,8-9H2,1-2H3,(H,14,16)/b10-3+. The van der Waals surface area contributed by atoms with Gasteiger partial charge in [0.15, 0.2) is 0 Å². The van der Waals surface area contributed by atoms with E-state index in [0.717, 1.165) is 5.70 Å². The SMILES string of the molecule is C/C=C(\C)NC(=O)N1Cc2ccccc2C1. The van der Waals surface area contributed by atoms with Crippen LogP contribution >= 0.6 is 0 Å². The minimum atomic E-state index is -0.0215. The third-order valence-corrected chi connectivity index (χ3v) is 2.87. The van der Waals surface area contributed by atoms with Crippen molar-refractivity contribution >= 4 is 6.03 Å². The Kier molecular flexibility index (Phi) is 2.95. The molecular formula is C13H16N2O. The zero-order chi connectivity index (χ0) is 11.5. The lowest BCUT2D eigenvalue weighted by atomic mass is 10.1. The van der Waals surface area contributed by atoms with Gasteiger partial charge in [-0.05, 0) is 25.0 Å². The predicted octanol–water partition coefficient (Wildman–Crippen LogP) is 2.64. The average molecular weight is 216 g/mol. The molecule has 0 spiro atoms. The van der Waals surface area contributed by atoms with Crippen molar-refractivity contribution in [2.24, 2.45) is 0 Å². The maximum atomic E-state index is 11.9. The summed E-state index contributed by atoms with van der Waals surface area (Å²) in [6, 6.07) is 8.15. The second kappa shape index (κ2) is 4.39. The molecule has 1 heterocycles. The van der Waals surface area contributed by atoms with E-state index >= 15 is 0 Å². The molecule has 2 amide bonds. The molecule has 0 aliphatic carbocycles. The molecule has 0 bridgehead atoms. The van der Waals surface area contributed by atoms with E-state index in [-0.39, 0.29) is 6.03 Å². The summed E-state index contributed by atoms with van der Waals surface area (Å²) < 4.78 is 0. The highest BCUT2D eigenvalue weighted by atomic mass is 16.2. The van der Waals surface area contributed by atoms with E-state index in [1.165, 1.54) is 11.1 Å². The second-order valence-corrected chi connectivity index (χ2v) is 4.03. The van der Waals surface area contributed by atoms with Crippen LogP contribution in [0.3, 0.4) is 0 Å². The summed E-state index contributed by atoms with van der Waals surface area (Å²) in [5.74, 6) is 0. The predicted molar refractivity (Wildman–Crippen MR) is 63.7 cm³/mol. The van der Waals surface area contributed by atoms with Crippen molar-refractivity contribution < 1.29 is 4.79 Å². The molecule has 2 rings (SSSR count). The molecule has 0 unspecified atom stereocenters. The number of allylic oxidation sites excluding steroid dienone is 2. The first-order valence-corrected chi connectivity index (χ1v) is 5.46. The number of hydrogen-bond donors (Lipinski definition) is 1. The fraction of sp³-hybridized carbons (Fsp3) is 0.308. The summed E-state index contributed by atoms with van der Waals surface area (Å²) >= 11 is 0. The van der Waals surface area contributed by atoms with Gasteiger partial charge in [-0.25, -0.2) is 4.79 Å². The molecule has 0 atom stereocenters. The van der Waals surface area contributed by atoms with Gasteiger partial charge in [0, 0.05) is 18.8 Å². The van der Waals surface area contributed by atoms with E-state index in [4.69, 9.17) is 0 Å². The van der Waals surface area contributed by atoms with Gasteiger partial charge in [-0.15, -0.1) is 0 Å². The Morgan fingerprint density at radius 2 is 1.88 bits per heavy atom. The monoisotopic (exact) mass is 216 g/mol. The zero-order valence-electron chi connectivity index (χ0n) is 9.66. The van der Waals surface area contributed by atoms with Gasteiger partial charge >= 0.3 is 6.03 Å². The van der Waals surface area contributed by atoms with Gasteiger partial charge in [-0.1, -0.05) is 30.3 Å². The van der Waals surface area contributed by atoms with E-state index in [1.807, 2.05) is 37.0 Å². The highest BCUT2D eigenvalue weighted by molar-refractivity contribution is 5.76. The Labute approximate surface area is 95.8 Å². The maximum Gasteiger partial charge on any atom is 0.322 e. The first-order valence-electron chi connectivity index (χ1n) is 5.46. The van der Waals surface area contributed by atoms with Crippen molar-refractivity contribution in [1.29, 1.82) is 0 Å². The minimum absolute atomic E-state index is 0.0215. The number of urea groups is 1. The summed E-state index contributed by atoms with van der Waals surface area (Å²) in [7, 11) is 0. The van der Waals surface area contributed by atoms with Gasteiger partial charge in [0.1, 0.15) is 0 Å². The minimum Gasteiger partial charge on any atom is -0.316 e. The lowest BCUT2D eigenvalue weighted by molar-refractivity contribution is 0.201. The van der Waals surface area contributed by atoms with E-state index in [9.17, 15) is 4.79 Å². The Balaban J connectivity index is 2.04. The van der Waals surface area contributed by atoms with Gasteiger partial charge in [0.05, 0.1) is 0 Å². The molecule has 0 saturated heterocycles. The van der Waals surface area contributed by atoms with Crippen LogP contribution in [0.5, 0.6) is 0 Å². The fourth-order valence-electron chi connectivity index (χ4n) is 1.80. The molecule has 0 saturated carbocycles. The smallest absolute Gasteiger partial charge is 0.316 e. The summed E-state index contributed by atoms with van der Waals surface area (Å²) in [6.07, 6.45) is 1.89. The van der Waals surface area contributed by atoms with Crippen molar-refractivity contribution in [3.8, 4) is 0 Å². The molecule has 0 fully saturated rings. The molecule has 1 aliphatic rings. The van der Waals surface area contributed by atoms with Crippen LogP contribution in [0.15, 0.2) is 36.0 Å². The number of amides is 2. The molecule has 1 aliphatic heterocycles. The molecule has 16 heavy (non-hydrogen) atoms. The van der Waals surface area contributed by atoms with Gasteiger partial charge < -0.3 is 10.2 Å². The van der Waals surface area contributed by atoms with Gasteiger partial charge in [-0.3, -0.25) is 0 Å². The first kappa shape index (κ1) is 10.7. The number of carbonyl (C=O) groups excluding carboxylic acids is 1. The van der Waals surface area contributed by atoms with Crippen molar-refractivity contribution in [3.63, 3.8) is 0 Å². The lowest BCUT2D eigenvalue weighted by Crippen LogP contribution is -2.35. The molecule has 1 aromatic rings. The average Bonchev–Trinajstić information content (AvgIpc) is 2.72. The summed E-state index contributed by atoms with van der Waals surface area (Å²) in [5, 5.41) is 2.85. The van der Waals surface area contributed by atoms with Crippen LogP contribution in [0.4, 0.5) is 4.79 Å². The van der Waals surface area contributed by atoms with Crippen molar-refractivity contribution in [2.75, 3.05) is 0 Å². The number of nitrogens with zero attached hydrogens (tertiary/aromatic N) is 1. The molecule has 1 aromatic carbocycles. The lowest BCUT2D eigenvalue weighted by Gasteiger charge is -2.16. The molecule has 0 radical (unpaired) electrons. The van der Waals surface area contributed by atoms with Crippen LogP contribution in [0.2, 0.25) is 0 Å². The topological polar surface area (TPSA) is 32.3 Å². The van der Waals surface area contributed by atoms with Gasteiger partial charge in [-0.2, -0.15) is 0 Å². The van der Waals surface area contributed by atoms with E-state index in [0.29, 0.717) is 13.1 Å². The third kappa shape index (κ3) is 2.08. The van der Waals surface area contributed by atoms with Crippen molar-refractivity contribution in [2.45, 2.75) is 26.9 Å². The summed E-state index contributed by atoms with van der Waals surface area (Å²) in [5.41, 5.74) is 3.38. The highest BCUT2D eigenvalue weighted by Gasteiger charge is 2.22. The highest BCUT2D eigenvalue weighted by Crippen LogP contribution is 2.21. The number of rotatable bonds is 1. The van der Waals surface area contributed by atoms with Crippen LogP contribution in [-0.4, -0.2) is 10.9 Å². The largest absolute Gasteiger partial charge is 0.322 e. The van der Waals surface area contributed by atoms with E-state index < -0.39 is 0 Å². The maximum absolute atomic E-state index is 11.9.